The van der Waals surface area contributed by atoms with Gasteiger partial charge in [-0.15, -0.1) is 0 Å². The van der Waals surface area contributed by atoms with Crippen LogP contribution in [0, 0.1) is 5.82 Å². The van der Waals surface area contributed by atoms with Crippen molar-refractivity contribution in [3.8, 4) is 17.4 Å². The van der Waals surface area contributed by atoms with Gasteiger partial charge in [0.2, 0.25) is 0 Å². The molecule has 1 N–H and O–H groups in total. The SMILES string of the molecule is COc1ccc(CNC(=O)c2ccc(Oc3nccnc3Sc3ccc(F)cc3)cc2)cc1. The molecule has 4 rings (SSSR count). The van der Waals surface area contributed by atoms with Gasteiger partial charge in [0.25, 0.3) is 11.8 Å². The van der Waals surface area contributed by atoms with Gasteiger partial charge in [0.05, 0.1) is 7.11 Å². The first-order valence-corrected chi connectivity index (χ1v) is 10.9. The minimum Gasteiger partial charge on any atom is -0.497 e. The summed E-state index contributed by atoms with van der Waals surface area (Å²) in [5.74, 6) is 1.11. The second-order valence-corrected chi connectivity index (χ2v) is 7.94. The highest BCUT2D eigenvalue weighted by Gasteiger charge is 2.11. The average Bonchev–Trinajstić information content (AvgIpc) is 2.86. The molecule has 1 amide bonds. The third-order valence-corrected chi connectivity index (χ3v) is 5.59. The van der Waals surface area contributed by atoms with Crippen molar-refractivity contribution in [2.75, 3.05) is 7.11 Å². The van der Waals surface area contributed by atoms with Crippen molar-refractivity contribution in [1.29, 1.82) is 0 Å². The van der Waals surface area contributed by atoms with Gasteiger partial charge in [-0.1, -0.05) is 23.9 Å². The van der Waals surface area contributed by atoms with Gasteiger partial charge in [0.1, 0.15) is 17.3 Å². The fourth-order valence-corrected chi connectivity index (χ4v) is 3.67. The number of hydrogen-bond acceptors (Lipinski definition) is 6. The van der Waals surface area contributed by atoms with Crippen molar-refractivity contribution in [1.82, 2.24) is 15.3 Å². The first-order chi connectivity index (χ1) is 16.1. The summed E-state index contributed by atoms with van der Waals surface area (Å²) in [6.07, 6.45) is 3.10. The van der Waals surface area contributed by atoms with Crippen LogP contribution in [0.5, 0.6) is 17.4 Å². The summed E-state index contributed by atoms with van der Waals surface area (Å²) in [6, 6.07) is 20.4. The molecular weight excluding hydrogens is 441 g/mol. The van der Waals surface area contributed by atoms with Gasteiger partial charge in [-0.05, 0) is 66.2 Å². The Kier molecular flexibility index (Phi) is 7.16. The van der Waals surface area contributed by atoms with E-state index in [4.69, 9.17) is 9.47 Å². The second kappa shape index (κ2) is 10.6. The third kappa shape index (κ3) is 6.08. The first-order valence-electron chi connectivity index (χ1n) is 10.0. The van der Waals surface area contributed by atoms with Crippen molar-refractivity contribution < 1.29 is 18.7 Å². The summed E-state index contributed by atoms with van der Waals surface area (Å²) in [6.45, 7) is 0.407. The van der Waals surface area contributed by atoms with E-state index in [1.165, 1.54) is 30.1 Å². The van der Waals surface area contributed by atoms with Crippen LogP contribution in [0.3, 0.4) is 0 Å². The van der Waals surface area contributed by atoms with E-state index in [0.29, 0.717) is 28.8 Å². The number of rotatable bonds is 8. The number of hydrogen-bond donors (Lipinski definition) is 1. The van der Waals surface area contributed by atoms with Gasteiger partial charge >= 0.3 is 0 Å². The number of aromatic nitrogens is 2. The minimum atomic E-state index is -0.303. The summed E-state index contributed by atoms with van der Waals surface area (Å²) in [5, 5.41) is 3.44. The molecule has 1 heterocycles. The molecule has 0 saturated carbocycles. The van der Waals surface area contributed by atoms with Crippen molar-refractivity contribution in [2.45, 2.75) is 16.5 Å². The molecule has 0 aliphatic rings. The lowest BCUT2D eigenvalue weighted by Gasteiger charge is -2.10. The number of methoxy groups -OCH3 is 1. The monoisotopic (exact) mass is 461 g/mol. The lowest BCUT2D eigenvalue weighted by atomic mass is 10.2. The van der Waals surface area contributed by atoms with E-state index in [-0.39, 0.29) is 11.7 Å². The van der Waals surface area contributed by atoms with E-state index in [1.54, 1.807) is 49.7 Å². The van der Waals surface area contributed by atoms with Crippen LogP contribution in [0.1, 0.15) is 15.9 Å². The van der Waals surface area contributed by atoms with Gasteiger partial charge in [-0.3, -0.25) is 4.79 Å². The second-order valence-electron chi connectivity index (χ2n) is 6.88. The number of carbonyl (C=O) groups excluding carboxylic acids is 1. The summed E-state index contributed by atoms with van der Waals surface area (Å²) in [5.41, 5.74) is 1.48. The maximum Gasteiger partial charge on any atom is 0.252 e. The fraction of sp³-hybridized carbons (Fsp3) is 0.0800. The van der Waals surface area contributed by atoms with Crippen molar-refractivity contribution >= 4 is 17.7 Å². The van der Waals surface area contributed by atoms with Crippen LogP contribution in [-0.2, 0) is 6.54 Å². The van der Waals surface area contributed by atoms with Crippen LogP contribution in [-0.4, -0.2) is 23.0 Å². The molecule has 1 aromatic heterocycles. The number of halogens is 1. The fourth-order valence-electron chi connectivity index (χ4n) is 2.88. The summed E-state index contributed by atoms with van der Waals surface area (Å²) in [7, 11) is 1.61. The first kappa shape index (κ1) is 22.3. The smallest absolute Gasteiger partial charge is 0.252 e. The molecule has 0 unspecified atom stereocenters. The predicted octanol–water partition coefficient (Wildman–Crippen LogP) is 5.50. The molecule has 166 valence electrons. The Morgan fingerprint density at radius 1 is 0.909 bits per heavy atom. The topological polar surface area (TPSA) is 73.3 Å². The maximum atomic E-state index is 13.1. The Labute approximate surface area is 194 Å². The predicted molar refractivity (Wildman–Crippen MR) is 123 cm³/mol. The van der Waals surface area contributed by atoms with Crippen LogP contribution in [0.4, 0.5) is 4.39 Å². The van der Waals surface area contributed by atoms with Crippen molar-refractivity contribution in [3.63, 3.8) is 0 Å². The average molecular weight is 462 g/mol. The molecule has 6 nitrogen and oxygen atoms in total. The summed E-state index contributed by atoms with van der Waals surface area (Å²) >= 11 is 1.32. The van der Waals surface area contributed by atoms with E-state index in [9.17, 15) is 9.18 Å². The molecular formula is C25H20FN3O3S. The van der Waals surface area contributed by atoms with Gasteiger partial charge in [0.15, 0.2) is 5.03 Å². The summed E-state index contributed by atoms with van der Waals surface area (Å²) < 4.78 is 24.2. The zero-order valence-corrected chi connectivity index (χ0v) is 18.5. The van der Waals surface area contributed by atoms with Gasteiger partial charge in [0, 0.05) is 29.4 Å². The van der Waals surface area contributed by atoms with E-state index in [1.807, 2.05) is 24.3 Å². The van der Waals surface area contributed by atoms with E-state index in [0.717, 1.165) is 16.2 Å². The van der Waals surface area contributed by atoms with E-state index >= 15 is 0 Å². The van der Waals surface area contributed by atoms with E-state index in [2.05, 4.69) is 15.3 Å². The zero-order chi connectivity index (χ0) is 23.0. The highest BCUT2D eigenvalue weighted by atomic mass is 32.2. The number of ether oxygens (including phenoxy) is 2. The number of amides is 1. The Hall–Kier alpha value is -3.91. The van der Waals surface area contributed by atoms with Crippen LogP contribution in [0.2, 0.25) is 0 Å². The number of benzene rings is 3. The van der Waals surface area contributed by atoms with Crippen LogP contribution >= 0.6 is 11.8 Å². The Bertz CT molecular complexity index is 1220. The standard InChI is InChI=1S/C25H20FN3O3S/c1-31-20-8-2-17(3-9-20)16-29-23(30)18-4-10-21(11-5-18)32-24-25(28-15-14-27-24)33-22-12-6-19(26)7-13-22/h2-15H,16H2,1H3,(H,29,30). The molecule has 0 atom stereocenters. The lowest BCUT2D eigenvalue weighted by molar-refractivity contribution is 0.0951. The molecule has 4 aromatic rings. The Balaban J connectivity index is 1.38. The minimum absolute atomic E-state index is 0.190. The number of nitrogens with one attached hydrogen (secondary N) is 1. The number of nitrogens with zero attached hydrogens (tertiary/aromatic N) is 2. The number of carbonyl (C=O) groups is 1. The molecule has 0 spiro atoms. The molecule has 0 aliphatic carbocycles. The van der Waals surface area contributed by atoms with Gasteiger partial charge in [-0.2, -0.15) is 0 Å². The molecule has 0 radical (unpaired) electrons. The summed E-state index contributed by atoms with van der Waals surface area (Å²) in [4.78, 5) is 21.8. The Morgan fingerprint density at radius 3 is 2.27 bits per heavy atom. The normalized spacial score (nSPS) is 10.5. The molecule has 8 heteroatoms. The largest absolute Gasteiger partial charge is 0.497 e. The highest BCUT2D eigenvalue weighted by Crippen LogP contribution is 2.33. The van der Waals surface area contributed by atoms with Gasteiger partial charge < -0.3 is 14.8 Å². The van der Waals surface area contributed by atoms with Crippen molar-refractivity contribution in [3.05, 3.63) is 102 Å². The third-order valence-electron chi connectivity index (χ3n) is 4.60. The van der Waals surface area contributed by atoms with Gasteiger partial charge in [-0.25, -0.2) is 14.4 Å². The van der Waals surface area contributed by atoms with Crippen LogP contribution < -0.4 is 14.8 Å². The van der Waals surface area contributed by atoms with E-state index < -0.39 is 0 Å². The lowest BCUT2D eigenvalue weighted by Crippen LogP contribution is -2.22. The molecule has 0 aliphatic heterocycles. The van der Waals surface area contributed by atoms with Crippen LogP contribution in [0.25, 0.3) is 0 Å². The molecule has 0 saturated heterocycles. The molecule has 0 bridgehead atoms. The quantitative estimate of drug-likeness (QED) is 0.374. The maximum absolute atomic E-state index is 13.1. The Morgan fingerprint density at radius 2 is 1.58 bits per heavy atom. The van der Waals surface area contributed by atoms with Crippen LogP contribution in [0.15, 0.2) is 95.1 Å². The molecule has 33 heavy (non-hydrogen) atoms. The molecule has 0 fully saturated rings. The highest BCUT2D eigenvalue weighted by molar-refractivity contribution is 7.99. The molecule has 3 aromatic carbocycles. The zero-order valence-electron chi connectivity index (χ0n) is 17.7. The van der Waals surface area contributed by atoms with Crippen molar-refractivity contribution in [2.24, 2.45) is 0 Å².